The second-order valence-electron chi connectivity index (χ2n) is 7.18. The van der Waals surface area contributed by atoms with E-state index < -0.39 is 0 Å². The number of aryl methyl sites for hydroxylation is 1. The van der Waals surface area contributed by atoms with Crippen molar-refractivity contribution in [2.24, 2.45) is 0 Å². The molecule has 2 aromatic rings. The van der Waals surface area contributed by atoms with Crippen molar-refractivity contribution < 1.29 is 5.11 Å². The quantitative estimate of drug-likeness (QED) is 0.880. The summed E-state index contributed by atoms with van der Waals surface area (Å²) in [5.41, 5.74) is 5.02. The van der Waals surface area contributed by atoms with Crippen LogP contribution in [0, 0.1) is 6.92 Å². The third-order valence-electron chi connectivity index (χ3n) is 4.93. The molecule has 24 heavy (non-hydrogen) atoms. The van der Waals surface area contributed by atoms with Crippen LogP contribution in [-0.2, 0) is 13.1 Å². The molecule has 3 nitrogen and oxygen atoms in total. The molecule has 0 amide bonds. The fourth-order valence-electron chi connectivity index (χ4n) is 3.49. The summed E-state index contributed by atoms with van der Waals surface area (Å²) < 4.78 is 0. The van der Waals surface area contributed by atoms with Crippen LogP contribution < -0.4 is 0 Å². The first-order valence-corrected chi connectivity index (χ1v) is 9.75. The highest BCUT2D eigenvalue weighted by molar-refractivity contribution is 7.07. The second-order valence-corrected chi connectivity index (χ2v) is 7.96. The summed E-state index contributed by atoms with van der Waals surface area (Å²) in [5.74, 6) is 0.935. The molecule has 0 unspecified atom stereocenters. The summed E-state index contributed by atoms with van der Waals surface area (Å²) >= 11 is 1.77. The molecular formula is C20H28N2OS. The summed E-state index contributed by atoms with van der Waals surface area (Å²) in [4.78, 5) is 4.98. The Bertz CT molecular complexity index is 659. The zero-order chi connectivity index (χ0) is 17.1. The predicted molar refractivity (Wildman–Crippen MR) is 102 cm³/mol. The van der Waals surface area contributed by atoms with E-state index in [4.69, 9.17) is 0 Å². The van der Waals surface area contributed by atoms with E-state index in [1.807, 2.05) is 6.07 Å². The molecule has 0 aliphatic carbocycles. The molecule has 1 aliphatic heterocycles. The van der Waals surface area contributed by atoms with Gasteiger partial charge in [-0.1, -0.05) is 19.9 Å². The molecule has 3 rings (SSSR count). The highest BCUT2D eigenvalue weighted by Crippen LogP contribution is 2.28. The lowest BCUT2D eigenvalue weighted by molar-refractivity contribution is 0.121. The van der Waals surface area contributed by atoms with Crippen LogP contribution in [0.5, 0.6) is 5.75 Å². The van der Waals surface area contributed by atoms with Crippen molar-refractivity contribution in [1.82, 2.24) is 9.80 Å². The van der Waals surface area contributed by atoms with E-state index >= 15 is 0 Å². The topological polar surface area (TPSA) is 26.7 Å². The van der Waals surface area contributed by atoms with Crippen LogP contribution >= 0.6 is 11.3 Å². The van der Waals surface area contributed by atoms with Crippen molar-refractivity contribution >= 4 is 11.3 Å². The average Bonchev–Trinajstić information content (AvgIpc) is 3.04. The molecule has 0 spiro atoms. The molecule has 1 saturated heterocycles. The van der Waals surface area contributed by atoms with E-state index in [1.54, 1.807) is 11.3 Å². The summed E-state index contributed by atoms with van der Waals surface area (Å²) in [6.07, 6.45) is 0. The molecule has 2 heterocycles. The molecule has 0 saturated carbocycles. The van der Waals surface area contributed by atoms with Gasteiger partial charge in [-0.15, -0.1) is 0 Å². The van der Waals surface area contributed by atoms with E-state index in [9.17, 15) is 5.11 Å². The van der Waals surface area contributed by atoms with Crippen LogP contribution in [0.15, 0.2) is 29.0 Å². The Morgan fingerprint density at radius 2 is 1.75 bits per heavy atom. The van der Waals surface area contributed by atoms with Gasteiger partial charge in [0.2, 0.25) is 0 Å². The van der Waals surface area contributed by atoms with Crippen LogP contribution in [0.2, 0.25) is 0 Å². The maximum atomic E-state index is 10.3. The Morgan fingerprint density at radius 3 is 2.33 bits per heavy atom. The average molecular weight is 345 g/mol. The van der Waals surface area contributed by atoms with Crippen molar-refractivity contribution in [3.05, 3.63) is 51.2 Å². The molecule has 1 aliphatic rings. The normalized spacial score (nSPS) is 16.8. The molecule has 0 bridgehead atoms. The molecular weight excluding hydrogens is 316 g/mol. The molecule has 0 radical (unpaired) electrons. The smallest absolute Gasteiger partial charge is 0.120 e. The predicted octanol–water partition coefficient (Wildman–Crippen LogP) is 4.20. The number of thiophene rings is 1. The van der Waals surface area contributed by atoms with Gasteiger partial charge in [0.05, 0.1) is 0 Å². The number of aromatic hydroxyl groups is 1. The Balaban J connectivity index is 1.59. The van der Waals surface area contributed by atoms with Crippen molar-refractivity contribution in [2.45, 2.75) is 39.8 Å². The largest absolute Gasteiger partial charge is 0.508 e. The van der Waals surface area contributed by atoms with Crippen molar-refractivity contribution in [3.8, 4) is 5.75 Å². The van der Waals surface area contributed by atoms with Gasteiger partial charge in [-0.05, 0) is 52.4 Å². The molecule has 1 aromatic heterocycles. The van der Waals surface area contributed by atoms with E-state index in [-0.39, 0.29) is 0 Å². The van der Waals surface area contributed by atoms with Gasteiger partial charge in [0, 0.05) is 44.8 Å². The maximum Gasteiger partial charge on any atom is 0.120 e. The van der Waals surface area contributed by atoms with Gasteiger partial charge in [0.1, 0.15) is 5.75 Å². The van der Waals surface area contributed by atoms with E-state index in [1.165, 1.54) is 16.7 Å². The minimum absolute atomic E-state index is 0.442. The zero-order valence-electron chi connectivity index (χ0n) is 15.0. The summed E-state index contributed by atoms with van der Waals surface area (Å²) in [5, 5.41) is 14.7. The maximum absolute atomic E-state index is 10.3. The Hall–Kier alpha value is -1.36. The lowest BCUT2D eigenvalue weighted by atomic mass is 9.95. The second kappa shape index (κ2) is 7.68. The fraction of sp³-hybridized carbons (Fsp3) is 0.500. The zero-order valence-corrected chi connectivity index (χ0v) is 15.8. The molecule has 1 aromatic carbocycles. The van der Waals surface area contributed by atoms with Gasteiger partial charge in [-0.25, -0.2) is 0 Å². The van der Waals surface area contributed by atoms with Gasteiger partial charge < -0.3 is 5.11 Å². The van der Waals surface area contributed by atoms with E-state index in [2.05, 4.69) is 53.5 Å². The Kier molecular flexibility index (Phi) is 5.59. The van der Waals surface area contributed by atoms with Crippen molar-refractivity contribution in [2.75, 3.05) is 26.2 Å². The summed E-state index contributed by atoms with van der Waals surface area (Å²) in [6, 6.07) is 6.35. The fourth-order valence-corrected chi connectivity index (χ4v) is 4.15. The minimum atomic E-state index is 0.442. The summed E-state index contributed by atoms with van der Waals surface area (Å²) in [7, 11) is 0. The first-order chi connectivity index (χ1) is 11.5. The standard InChI is InChI=1S/C20H28N2OS/c1-15(2)19-11-18(20(23)10-16(19)3)13-22-7-5-21(6-8-22)12-17-4-9-24-14-17/h4,9-11,14-15,23H,5-8,12-13H2,1-3H3. The molecule has 130 valence electrons. The lowest BCUT2D eigenvalue weighted by Crippen LogP contribution is -2.45. The lowest BCUT2D eigenvalue weighted by Gasteiger charge is -2.34. The van der Waals surface area contributed by atoms with Gasteiger partial charge in [-0.2, -0.15) is 11.3 Å². The SMILES string of the molecule is Cc1cc(O)c(CN2CCN(Cc3ccsc3)CC2)cc1C(C)C. The number of nitrogens with zero attached hydrogens (tertiary/aromatic N) is 2. The number of hydrogen-bond acceptors (Lipinski definition) is 4. The minimum Gasteiger partial charge on any atom is -0.508 e. The third-order valence-corrected chi connectivity index (χ3v) is 5.67. The molecule has 1 fully saturated rings. The number of benzene rings is 1. The van der Waals surface area contributed by atoms with Crippen LogP contribution in [0.25, 0.3) is 0 Å². The van der Waals surface area contributed by atoms with Crippen molar-refractivity contribution in [3.63, 3.8) is 0 Å². The van der Waals surface area contributed by atoms with Gasteiger partial charge in [0.25, 0.3) is 0 Å². The van der Waals surface area contributed by atoms with E-state index in [0.717, 1.165) is 44.8 Å². The van der Waals surface area contributed by atoms with Crippen LogP contribution in [0.1, 0.15) is 42.0 Å². The van der Waals surface area contributed by atoms with Crippen LogP contribution in [0.4, 0.5) is 0 Å². The van der Waals surface area contributed by atoms with Crippen molar-refractivity contribution in [1.29, 1.82) is 0 Å². The van der Waals surface area contributed by atoms with Gasteiger partial charge in [-0.3, -0.25) is 9.80 Å². The van der Waals surface area contributed by atoms with E-state index in [0.29, 0.717) is 11.7 Å². The van der Waals surface area contributed by atoms with Gasteiger partial charge >= 0.3 is 0 Å². The highest BCUT2D eigenvalue weighted by Gasteiger charge is 2.19. The van der Waals surface area contributed by atoms with Crippen LogP contribution in [0.3, 0.4) is 0 Å². The monoisotopic (exact) mass is 344 g/mol. The summed E-state index contributed by atoms with van der Waals surface area (Å²) in [6.45, 7) is 12.7. The Morgan fingerprint density at radius 1 is 1.08 bits per heavy atom. The third kappa shape index (κ3) is 4.18. The molecule has 0 atom stereocenters. The number of rotatable bonds is 5. The van der Waals surface area contributed by atoms with Crippen LogP contribution in [-0.4, -0.2) is 41.1 Å². The highest BCUT2D eigenvalue weighted by atomic mass is 32.1. The number of phenolic OH excluding ortho intramolecular Hbond substituents is 1. The number of piperazine rings is 1. The Labute approximate surface area is 149 Å². The molecule has 1 N–H and O–H groups in total. The van der Waals surface area contributed by atoms with Gasteiger partial charge in [0.15, 0.2) is 0 Å². The first-order valence-electron chi connectivity index (χ1n) is 8.81. The number of hydrogen-bond donors (Lipinski definition) is 1. The first kappa shape index (κ1) is 17.5. The number of phenols is 1. The molecule has 4 heteroatoms.